The molecule has 1 aliphatic rings. The number of hydrogen-bond acceptors (Lipinski definition) is 2. The molecule has 3 amide bonds. The van der Waals surface area contributed by atoms with Gasteiger partial charge in [-0.05, 0) is 24.6 Å². The molecule has 1 aromatic heterocycles. The molecule has 0 unspecified atom stereocenters. The minimum Gasteiger partial charge on any atom is -0.351 e. The van der Waals surface area contributed by atoms with Crippen LogP contribution in [0.15, 0.2) is 24.0 Å². The fourth-order valence-electron chi connectivity index (χ4n) is 1.77. The minimum absolute atomic E-state index is 0.252. The fraction of sp³-hybridized carbons (Fsp3) is 0.333. The highest BCUT2D eigenvalue weighted by molar-refractivity contribution is 6.13. The molecule has 0 aromatic carbocycles. The Labute approximate surface area is 99.7 Å². The van der Waals surface area contributed by atoms with E-state index in [4.69, 9.17) is 0 Å². The van der Waals surface area contributed by atoms with E-state index in [-0.39, 0.29) is 11.9 Å². The van der Waals surface area contributed by atoms with Gasteiger partial charge in [-0.25, -0.2) is 4.79 Å². The van der Waals surface area contributed by atoms with Gasteiger partial charge in [0.15, 0.2) is 0 Å². The summed E-state index contributed by atoms with van der Waals surface area (Å²) >= 11 is 0. The number of amides is 3. The van der Waals surface area contributed by atoms with E-state index >= 15 is 0 Å². The highest BCUT2D eigenvalue weighted by Crippen LogP contribution is 2.14. The molecule has 1 N–H and O–H groups in total. The van der Waals surface area contributed by atoms with Crippen molar-refractivity contribution in [1.82, 2.24) is 14.8 Å². The molecule has 90 valence electrons. The molecule has 0 saturated carbocycles. The first-order valence-electron chi connectivity index (χ1n) is 5.59. The second-order valence-corrected chi connectivity index (χ2v) is 3.99. The summed E-state index contributed by atoms with van der Waals surface area (Å²) in [4.78, 5) is 24.7. The molecule has 0 radical (unpaired) electrons. The van der Waals surface area contributed by atoms with E-state index in [1.165, 1.54) is 4.90 Å². The highest BCUT2D eigenvalue weighted by Gasteiger charge is 2.32. The van der Waals surface area contributed by atoms with Crippen molar-refractivity contribution in [3.63, 3.8) is 0 Å². The topological polar surface area (TPSA) is 54.3 Å². The Morgan fingerprint density at radius 3 is 2.76 bits per heavy atom. The van der Waals surface area contributed by atoms with Crippen molar-refractivity contribution < 1.29 is 9.59 Å². The van der Waals surface area contributed by atoms with Crippen molar-refractivity contribution in [2.45, 2.75) is 13.3 Å². The molecule has 5 nitrogen and oxygen atoms in total. The summed E-state index contributed by atoms with van der Waals surface area (Å²) in [6, 6.07) is 3.43. The lowest BCUT2D eigenvalue weighted by Crippen LogP contribution is -2.31. The molecule has 0 aliphatic carbocycles. The largest absolute Gasteiger partial charge is 0.351 e. The number of nitrogens with zero attached hydrogens (tertiary/aromatic N) is 2. The van der Waals surface area contributed by atoms with E-state index < -0.39 is 0 Å². The van der Waals surface area contributed by atoms with Crippen LogP contribution in [0.4, 0.5) is 4.79 Å². The number of aromatic nitrogens is 1. The molecule has 5 heteroatoms. The van der Waals surface area contributed by atoms with Gasteiger partial charge >= 0.3 is 6.03 Å². The van der Waals surface area contributed by atoms with Crippen LogP contribution in [0.5, 0.6) is 0 Å². The van der Waals surface area contributed by atoms with Crippen molar-refractivity contribution in [1.29, 1.82) is 0 Å². The molecule has 1 fully saturated rings. The van der Waals surface area contributed by atoms with E-state index in [0.717, 1.165) is 12.1 Å². The molecule has 2 heterocycles. The zero-order chi connectivity index (χ0) is 12.4. The Bertz CT molecular complexity index is 488. The van der Waals surface area contributed by atoms with Gasteiger partial charge in [0, 0.05) is 25.5 Å². The van der Waals surface area contributed by atoms with Gasteiger partial charge in [-0.1, -0.05) is 6.92 Å². The standard InChI is InChI=1S/C12H15N3O2/c1-3-6-15-11(16)10(13-12(15)17)8-9-5-4-7-14(9)2/h4-5,7-8H,3,6H2,1-2H3,(H,13,17)/b10-8+. The third-order valence-corrected chi connectivity index (χ3v) is 2.69. The first-order valence-corrected chi connectivity index (χ1v) is 5.59. The van der Waals surface area contributed by atoms with Crippen LogP contribution >= 0.6 is 0 Å². The zero-order valence-electron chi connectivity index (χ0n) is 9.93. The van der Waals surface area contributed by atoms with Gasteiger partial charge in [0.25, 0.3) is 5.91 Å². The number of nitrogens with one attached hydrogen (secondary N) is 1. The third kappa shape index (κ3) is 2.08. The summed E-state index contributed by atoms with van der Waals surface area (Å²) < 4.78 is 1.88. The monoisotopic (exact) mass is 233 g/mol. The second kappa shape index (κ2) is 4.45. The normalized spacial score (nSPS) is 18.0. The Balaban J connectivity index is 2.25. The van der Waals surface area contributed by atoms with Gasteiger partial charge in [-0.2, -0.15) is 0 Å². The number of aryl methyl sites for hydroxylation is 1. The van der Waals surface area contributed by atoms with Crippen molar-refractivity contribution in [3.8, 4) is 0 Å². The summed E-state index contributed by atoms with van der Waals surface area (Å²) in [6.45, 7) is 2.38. The maximum Gasteiger partial charge on any atom is 0.329 e. The first-order chi connectivity index (χ1) is 8.13. The van der Waals surface area contributed by atoms with Gasteiger partial charge in [0.05, 0.1) is 0 Å². The number of urea groups is 1. The van der Waals surface area contributed by atoms with Gasteiger partial charge in [0.1, 0.15) is 5.70 Å². The van der Waals surface area contributed by atoms with Crippen LogP contribution in [0.25, 0.3) is 6.08 Å². The Kier molecular flexibility index (Phi) is 2.99. The molecule has 1 aromatic rings. The molecular weight excluding hydrogens is 218 g/mol. The predicted molar refractivity (Wildman–Crippen MR) is 63.9 cm³/mol. The lowest BCUT2D eigenvalue weighted by Gasteiger charge is -2.08. The highest BCUT2D eigenvalue weighted by atomic mass is 16.2. The third-order valence-electron chi connectivity index (χ3n) is 2.69. The number of hydrogen-bond donors (Lipinski definition) is 1. The molecule has 1 aliphatic heterocycles. The molecule has 17 heavy (non-hydrogen) atoms. The van der Waals surface area contributed by atoms with Crippen molar-refractivity contribution >= 4 is 18.0 Å². The lowest BCUT2D eigenvalue weighted by molar-refractivity contribution is -0.122. The average molecular weight is 233 g/mol. The average Bonchev–Trinajstić information content (AvgIpc) is 2.79. The summed E-state index contributed by atoms with van der Waals surface area (Å²) in [5, 5.41) is 2.59. The van der Waals surface area contributed by atoms with E-state index in [2.05, 4.69) is 5.32 Å². The number of carbonyl (C=O) groups excluding carboxylic acids is 2. The summed E-state index contributed by atoms with van der Waals surface area (Å²) in [5.74, 6) is -0.252. The van der Waals surface area contributed by atoms with Crippen LogP contribution in [0.2, 0.25) is 0 Å². The van der Waals surface area contributed by atoms with Gasteiger partial charge < -0.3 is 9.88 Å². The van der Waals surface area contributed by atoms with E-state index in [1.54, 1.807) is 6.08 Å². The number of imide groups is 1. The smallest absolute Gasteiger partial charge is 0.329 e. The van der Waals surface area contributed by atoms with Crippen LogP contribution in [0, 0.1) is 0 Å². The van der Waals surface area contributed by atoms with Crippen molar-refractivity contribution in [2.24, 2.45) is 7.05 Å². The molecule has 1 saturated heterocycles. The van der Waals surface area contributed by atoms with Crippen LogP contribution < -0.4 is 5.32 Å². The summed E-state index contributed by atoms with van der Waals surface area (Å²) in [5.41, 5.74) is 1.22. The summed E-state index contributed by atoms with van der Waals surface area (Å²) in [7, 11) is 1.89. The fourth-order valence-corrected chi connectivity index (χ4v) is 1.77. The first kappa shape index (κ1) is 11.4. The Morgan fingerprint density at radius 2 is 2.18 bits per heavy atom. The Hall–Kier alpha value is -2.04. The van der Waals surface area contributed by atoms with Gasteiger partial charge in [-0.15, -0.1) is 0 Å². The van der Waals surface area contributed by atoms with Gasteiger partial charge in [0.2, 0.25) is 0 Å². The van der Waals surface area contributed by atoms with Crippen molar-refractivity contribution in [3.05, 3.63) is 29.7 Å². The van der Waals surface area contributed by atoms with E-state index in [0.29, 0.717) is 12.2 Å². The second-order valence-electron chi connectivity index (χ2n) is 3.99. The quantitative estimate of drug-likeness (QED) is 0.632. The number of carbonyl (C=O) groups is 2. The van der Waals surface area contributed by atoms with Crippen LogP contribution in [0.3, 0.4) is 0 Å². The molecular formula is C12H15N3O2. The Morgan fingerprint density at radius 1 is 1.41 bits per heavy atom. The minimum atomic E-state index is -0.336. The SMILES string of the molecule is CCCN1C(=O)N/C(=C/c2cccn2C)C1=O. The summed E-state index contributed by atoms with van der Waals surface area (Å²) in [6.07, 6.45) is 4.34. The molecule has 2 rings (SSSR count). The molecule has 0 bridgehead atoms. The lowest BCUT2D eigenvalue weighted by atomic mass is 10.3. The van der Waals surface area contributed by atoms with Crippen LogP contribution in [-0.2, 0) is 11.8 Å². The van der Waals surface area contributed by atoms with Gasteiger partial charge in [-0.3, -0.25) is 9.69 Å². The maximum atomic E-state index is 11.9. The van der Waals surface area contributed by atoms with Crippen LogP contribution in [-0.4, -0.2) is 28.0 Å². The predicted octanol–water partition coefficient (Wildman–Crippen LogP) is 1.33. The molecule has 0 spiro atoms. The molecule has 0 atom stereocenters. The van der Waals surface area contributed by atoms with E-state index in [1.807, 2.05) is 36.9 Å². The van der Waals surface area contributed by atoms with E-state index in [9.17, 15) is 9.59 Å². The number of rotatable bonds is 3. The van der Waals surface area contributed by atoms with Crippen LogP contribution in [0.1, 0.15) is 19.0 Å². The van der Waals surface area contributed by atoms with Crippen molar-refractivity contribution in [2.75, 3.05) is 6.54 Å². The zero-order valence-corrected chi connectivity index (χ0v) is 9.93. The maximum absolute atomic E-state index is 11.9.